The maximum atomic E-state index is 11.6. The molecule has 14 heavy (non-hydrogen) atoms. The Morgan fingerprint density at radius 1 is 1.64 bits per heavy atom. The van der Waals surface area contributed by atoms with E-state index >= 15 is 0 Å². The highest BCUT2D eigenvalue weighted by atomic mass is 16.2. The molecule has 1 fully saturated rings. The smallest absolute Gasteiger partial charge is 0.246 e. The summed E-state index contributed by atoms with van der Waals surface area (Å²) in [7, 11) is 1.78. The van der Waals surface area contributed by atoms with Crippen LogP contribution in [0.15, 0.2) is 4.99 Å². The lowest BCUT2D eigenvalue weighted by molar-refractivity contribution is -0.130. The van der Waals surface area contributed by atoms with Gasteiger partial charge in [-0.05, 0) is 26.7 Å². The number of nitrogens with zero attached hydrogens (tertiary/aromatic N) is 2. The number of hydrogen-bond acceptors (Lipinski definition) is 2. The first kappa shape index (κ1) is 11.0. The van der Waals surface area contributed by atoms with Gasteiger partial charge in [-0.25, -0.2) is 0 Å². The van der Waals surface area contributed by atoms with Gasteiger partial charge in [-0.1, -0.05) is 0 Å². The van der Waals surface area contributed by atoms with Crippen LogP contribution in [0.3, 0.4) is 0 Å². The quantitative estimate of drug-likeness (QED) is 0.530. The van der Waals surface area contributed by atoms with Crippen molar-refractivity contribution in [1.29, 1.82) is 0 Å². The summed E-state index contributed by atoms with van der Waals surface area (Å²) in [4.78, 5) is 17.5. The lowest BCUT2D eigenvalue weighted by atomic mass is 10.3. The number of amides is 1. The first-order valence-corrected chi connectivity index (χ1v) is 5.14. The zero-order chi connectivity index (χ0) is 10.7. The number of likely N-dealkylation sites (N-methyl/N-ethyl adjacent to an activating group) is 1. The summed E-state index contributed by atoms with van der Waals surface area (Å²) in [6.07, 6.45) is 2.25. The van der Waals surface area contributed by atoms with Crippen molar-refractivity contribution in [1.82, 2.24) is 4.90 Å². The normalized spacial score (nSPS) is 19.2. The second kappa shape index (κ2) is 4.44. The molecule has 0 aliphatic heterocycles. The zero-order valence-electron chi connectivity index (χ0n) is 9.16. The molecule has 1 rings (SSSR count). The van der Waals surface area contributed by atoms with Crippen LogP contribution in [0, 0.1) is 5.92 Å². The fourth-order valence-corrected chi connectivity index (χ4v) is 1.24. The number of nitrogens with two attached hydrogens (primary N) is 1. The second-order valence-electron chi connectivity index (χ2n) is 3.86. The van der Waals surface area contributed by atoms with Crippen molar-refractivity contribution in [2.75, 3.05) is 13.6 Å². The average Bonchev–Trinajstić information content (AvgIpc) is 2.98. The third-order valence-corrected chi connectivity index (χ3v) is 2.55. The molecular formula is C10H19N3O. The first-order chi connectivity index (χ1) is 6.56. The van der Waals surface area contributed by atoms with Crippen molar-refractivity contribution >= 4 is 11.7 Å². The van der Waals surface area contributed by atoms with Crippen LogP contribution in [0.4, 0.5) is 0 Å². The summed E-state index contributed by atoms with van der Waals surface area (Å²) in [5, 5.41) is 0. The molecule has 0 aromatic carbocycles. The Bertz CT molecular complexity index is 246. The van der Waals surface area contributed by atoms with Gasteiger partial charge in [-0.15, -0.1) is 0 Å². The highest BCUT2D eigenvalue weighted by Crippen LogP contribution is 2.29. The van der Waals surface area contributed by atoms with E-state index in [2.05, 4.69) is 4.99 Å². The Morgan fingerprint density at radius 2 is 2.21 bits per heavy atom. The van der Waals surface area contributed by atoms with E-state index in [1.54, 1.807) is 18.9 Å². The molecule has 1 unspecified atom stereocenters. The summed E-state index contributed by atoms with van der Waals surface area (Å²) < 4.78 is 0. The van der Waals surface area contributed by atoms with Crippen LogP contribution in [-0.4, -0.2) is 36.3 Å². The van der Waals surface area contributed by atoms with E-state index in [0.29, 0.717) is 18.3 Å². The van der Waals surface area contributed by atoms with Gasteiger partial charge in [0.05, 0.1) is 5.84 Å². The number of amidine groups is 1. The van der Waals surface area contributed by atoms with Gasteiger partial charge in [0.1, 0.15) is 6.04 Å². The number of carbonyl (C=O) groups excluding carboxylic acids is 1. The Kier molecular flexibility index (Phi) is 3.49. The second-order valence-corrected chi connectivity index (χ2v) is 3.86. The molecule has 1 aliphatic rings. The summed E-state index contributed by atoms with van der Waals surface area (Å²) in [6, 6.07) is -0.333. The van der Waals surface area contributed by atoms with E-state index in [1.165, 1.54) is 0 Å². The molecule has 4 heteroatoms. The van der Waals surface area contributed by atoms with E-state index < -0.39 is 0 Å². The van der Waals surface area contributed by atoms with Gasteiger partial charge in [-0.3, -0.25) is 9.79 Å². The standard InChI is InChI=1S/C10H19N3O/c1-4-13(3)10(14)7(2)12-9(11)8-5-6-8/h7-8H,4-6H2,1-3H3,(H2,11,12). The summed E-state index contributed by atoms with van der Waals surface area (Å²) >= 11 is 0. The Hall–Kier alpha value is -1.06. The van der Waals surface area contributed by atoms with Crippen molar-refractivity contribution in [2.45, 2.75) is 32.7 Å². The minimum atomic E-state index is -0.333. The molecule has 0 radical (unpaired) electrons. The molecule has 0 spiro atoms. The molecule has 2 N–H and O–H groups in total. The minimum Gasteiger partial charge on any atom is -0.387 e. The molecule has 0 saturated heterocycles. The Labute approximate surface area is 85.2 Å². The lowest BCUT2D eigenvalue weighted by Crippen LogP contribution is -2.35. The Balaban J connectivity index is 2.51. The Morgan fingerprint density at radius 3 is 2.64 bits per heavy atom. The molecule has 80 valence electrons. The predicted octanol–water partition coefficient (Wildman–Crippen LogP) is 0.620. The fourth-order valence-electron chi connectivity index (χ4n) is 1.24. The van der Waals surface area contributed by atoms with Gasteiger partial charge in [0.2, 0.25) is 5.91 Å². The van der Waals surface area contributed by atoms with Gasteiger partial charge in [0, 0.05) is 19.5 Å². The number of aliphatic imine (C=N–C) groups is 1. The summed E-state index contributed by atoms with van der Waals surface area (Å²) in [6.45, 7) is 4.45. The molecule has 0 heterocycles. The van der Waals surface area contributed by atoms with E-state index in [-0.39, 0.29) is 11.9 Å². The van der Waals surface area contributed by atoms with Crippen molar-refractivity contribution < 1.29 is 4.79 Å². The van der Waals surface area contributed by atoms with Gasteiger partial charge in [0.15, 0.2) is 0 Å². The highest BCUT2D eigenvalue weighted by Gasteiger charge is 2.27. The van der Waals surface area contributed by atoms with E-state index in [9.17, 15) is 4.79 Å². The minimum absolute atomic E-state index is 0.0381. The molecule has 1 aliphatic carbocycles. The predicted molar refractivity (Wildman–Crippen MR) is 57.1 cm³/mol. The molecular weight excluding hydrogens is 178 g/mol. The van der Waals surface area contributed by atoms with Gasteiger partial charge >= 0.3 is 0 Å². The van der Waals surface area contributed by atoms with E-state index in [1.807, 2.05) is 6.92 Å². The average molecular weight is 197 g/mol. The molecule has 0 bridgehead atoms. The van der Waals surface area contributed by atoms with E-state index in [4.69, 9.17) is 5.73 Å². The molecule has 4 nitrogen and oxygen atoms in total. The van der Waals surface area contributed by atoms with Crippen LogP contribution in [0.2, 0.25) is 0 Å². The van der Waals surface area contributed by atoms with Crippen molar-refractivity contribution in [3.63, 3.8) is 0 Å². The van der Waals surface area contributed by atoms with E-state index in [0.717, 1.165) is 12.8 Å². The van der Waals surface area contributed by atoms with Crippen molar-refractivity contribution in [2.24, 2.45) is 16.6 Å². The van der Waals surface area contributed by atoms with Crippen molar-refractivity contribution in [3.05, 3.63) is 0 Å². The van der Waals surface area contributed by atoms with Crippen molar-refractivity contribution in [3.8, 4) is 0 Å². The van der Waals surface area contributed by atoms with Gasteiger partial charge < -0.3 is 10.6 Å². The van der Waals surface area contributed by atoms with Crippen LogP contribution >= 0.6 is 0 Å². The van der Waals surface area contributed by atoms with Crippen LogP contribution in [0.1, 0.15) is 26.7 Å². The monoisotopic (exact) mass is 197 g/mol. The molecule has 1 saturated carbocycles. The van der Waals surface area contributed by atoms with Gasteiger partial charge in [-0.2, -0.15) is 0 Å². The molecule has 0 aromatic heterocycles. The van der Waals surface area contributed by atoms with Crippen LogP contribution < -0.4 is 5.73 Å². The van der Waals surface area contributed by atoms with Gasteiger partial charge in [0.25, 0.3) is 0 Å². The molecule has 0 aromatic rings. The largest absolute Gasteiger partial charge is 0.387 e. The SMILES string of the molecule is CCN(C)C(=O)C(C)N=C(N)C1CC1. The maximum Gasteiger partial charge on any atom is 0.246 e. The number of carbonyl (C=O) groups is 1. The number of hydrogen-bond donors (Lipinski definition) is 1. The first-order valence-electron chi connectivity index (χ1n) is 5.14. The zero-order valence-corrected chi connectivity index (χ0v) is 9.16. The maximum absolute atomic E-state index is 11.6. The topological polar surface area (TPSA) is 58.7 Å². The molecule has 1 atom stereocenters. The lowest BCUT2D eigenvalue weighted by Gasteiger charge is -2.17. The third-order valence-electron chi connectivity index (χ3n) is 2.55. The molecule has 1 amide bonds. The fraction of sp³-hybridized carbons (Fsp3) is 0.800. The van der Waals surface area contributed by atoms with Crippen LogP contribution in [-0.2, 0) is 4.79 Å². The number of rotatable bonds is 4. The summed E-state index contributed by atoms with van der Waals surface area (Å²) in [5.74, 6) is 1.13. The highest BCUT2D eigenvalue weighted by molar-refractivity contribution is 5.89. The van der Waals surface area contributed by atoms with Crippen LogP contribution in [0.25, 0.3) is 0 Å². The third kappa shape index (κ3) is 2.72. The van der Waals surface area contributed by atoms with Crippen LogP contribution in [0.5, 0.6) is 0 Å². The summed E-state index contributed by atoms with van der Waals surface area (Å²) in [5.41, 5.74) is 5.74.